The third kappa shape index (κ3) is 4.95. The number of methoxy groups -OCH3 is 1. The van der Waals surface area contributed by atoms with Gasteiger partial charge in [0.25, 0.3) is 0 Å². The predicted molar refractivity (Wildman–Crippen MR) is 91.2 cm³/mol. The van der Waals surface area contributed by atoms with Gasteiger partial charge in [-0.1, -0.05) is 19.9 Å². The van der Waals surface area contributed by atoms with Crippen molar-refractivity contribution in [2.45, 2.75) is 20.8 Å². The summed E-state index contributed by atoms with van der Waals surface area (Å²) in [5.74, 6) is 1.41. The summed E-state index contributed by atoms with van der Waals surface area (Å²) in [5, 5.41) is 6.41. The summed E-state index contributed by atoms with van der Waals surface area (Å²) in [6.07, 6.45) is 0. The number of carbonyl (C=O) groups is 1. The van der Waals surface area contributed by atoms with Gasteiger partial charge in [0, 0.05) is 24.0 Å². The lowest BCUT2D eigenvalue weighted by atomic mass is 10.2. The van der Waals surface area contributed by atoms with Crippen molar-refractivity contribution in [3.8, 4) is 0 Å². The molecule has 0 spiro atoms. The maximum atomic E-state index is 11.6. The molecule has 0 unspecified atom stereocenters. The second kappa shape index (κ2) is 7.58. The van der Waals surface area contributed by atoms with Crippen LogP contribution in [0.3, 0.4) is 0 Å². The van der Waals surface area contributed by atoms with Gasteiger partial charge in [0.2, 0.25) is 5.95 Å². The number of ether oxygens (including phenoxy) is 1. The van der Waals surface area contributed by atoms with E-state index in [0.29, 0.717) is 17.4 Å². The monoisotopic (exact) mass is 314 g/mol. The minimum Gasteiger partial charge on any atom is -0.465 e. The highest BCUT2D eigenvalue weighted by Crippen LogP contribution is 2.17. The minimum absolute atomic E-state index is 0.377. The predicted octanol–water partition coefficient (Wildman–Crippen LogP) is 3.38. The third-order valence-electron chi connectivity index (χ3n) is 3.09. The number of aryl methyl sites for hydroxylation is 1. The highest BCUT2D eigenvalue weighted by atomic mass is 16.5. The number of hydrogen-bond donors (Lipinski definition) is 2. The van der Waals surface area contributed by atoms with Crippen molar-refractivity contribution in [3.05, 3.63) is 41.6 Å². The summed E-state index contributed by atoms with van der Waals surface area (Å²) >= 11 is 0. The smallest absolute Gasteiger partial charge is 0.337 e. The molecule has 122 valence electrons. The number of anilines is 3. The number of hydrogen-bond acceptors (Lipinski definition) is 6. The lowest BCUT2D eigenvalue weighted by Crippen LogP contribution is -2.11. The second-order valence-electron chi connectivity index (χ2n) is 5.69. The Morgan fingerprint density at radius 3 is 2.74 bits per heavy atom. The quantitative estimate of drug-likeness (QED) is 0.796. The number of nitrogens with zero attached hydrogens (tertiary/aromatic N) is 2. The Morgan fingerprint density at radius 2 is 2.04 bits per heavy atom. The average molecular weight is 314 g/mol. The molecule has 6 nitrogen and oxygen atoms in total. The van der Waals surface area contributed by atoms with E-state index in [1.165, 1.54) is 7.11 Å². The average Bonchev–Trinajstić information content (AvgIpc) is 2.52. The Kier molecular flexibility index (Phi) is 5.51. The molecule has 1 aromatic heterocycles. The molecule has 1 heterocycles. The molecule has 0 radical (unpaired) electrons. The van der Waals surface area contributed by atoms with Crippen LogP contribution < -0.4 is 10.6 Å². The largest absolute Gasteiger partial charge is 0.465 e. The van der Waals surface area contributed by atoms with Crippen LogP contribution in [0, 0.1) is 12.8 Å². The zero-order valence-corrected chi connectivity index (χ0v) is 13.9. The Hall–Kier alpha value is -2.63. The number of benzene rings is 1. The maximum Gasteiger partial charge on any atom is 0.337 e. The van der Waals surface area contributed by atoms with Gasteiger partial charge in [0.1, 0.15) is 5.82 Å². The number of nitrogens with one attached hydrogen (secondary N) is 2. The SMILES string of the molecule is COC(=O)c1cccc(Nc2nc(C)cc(NCC(C)C)n2)c1. The zero-order valence-electron chi connectivity index (χ0n) is 13.9. The third-order valence-corrected chi connectivity index (χ3v) is 3.09. The van der Waals surface area contributed by atoms with Crippen LogP contribution in [0.1, 0.15) is 29.9 Å². The van der Waals surface area contributed by atoms with Crippen LogP contribution in [0.4, 0.5) is 17.5 Å². The van der Waals surface area contributed by atoms with Crippen LogP contribution in [0.2, 0.25) is 0 Å². The van der Waals surface area contributed by atoms with Gasteiger partial charge in [0.15, 0.2) is 0 Å². The number of rotatable bonds is 6. The van der Waals surface area contributed by atoms with Gasteiger partial charge in [-0.25, -0.2) is 9.78 Å². The highest BCUT2D eigenvalue weighted by molar-refractivity contribution is 5.90. The van der Waals surface area contributed by atoms with Gasteiger partial charge in [-0.05, 0) is 31.0 Å². The minimum atomic E-state index is -0.377. The molecule has 0 saturated heterocycles. The lowest BCUT2D eigenvalue weighted by molar-refractivity contribution is 0.0601. The molecule has 0 aliphatic carbocycles. The van der Waals surface area contributed by atoms with Crippen molar-refractivity contribution in [1.29, 1.82) is 0 Å². The van der Waals surface area contributed by atoms with Crippen LogP contribution in [-0.2, 0) is 4.74 Å². The molecular weight excluding hydrogens is 292 g/mol. The van der Waals surface area contributed by atoms with E-state index >= 15 is 0 Å². The normalized spacial score (nSPS) is 10.5. The molecule has 0 saturated carbocycles. The van der Waals surface area contributed by atoms with E-state index in [0.717, 1.165) is 23.7 Å². The van der Waals surface area contributed by atoms with E-state index in [1.54, 1.807) is 18.2 Å². The number of carbonyl (C=O) groups excluding carboxylic acids is 1. The molecule has 1 aromatic carbocycles. The molecule has 2 rings (SSSR count). The first-order valence-corrected chi connectivity index (χ1v) is 7.53. The van der Waals surface area contributed by atoms with Gasteiger partial charge in [-0.15, -0.1) is 0 Å². The first-order valence-electron chi connectivity index (χ1n) is 7.53. The maximum absolute atomic E-state index is 11.6. The van der Waals surface area contributed by atoms with Gasteiger partial charge in [-0.3, -0.25) is 0 Å². The van der Waals surface area contributed by atoms with Crippen molar-refractivity contribution in [1.82, 2.24) is 9.97 Å². The summed E-state index contributed by atoms with van der Waals surface area (Å²) in [6.45, 7) is 7.03. The van der Waals surface area contributed by atoms with Crippen LogP contribution in [0.25, 0.3) is 0 Å². The molecule has 0 bridgehead atoms. The second-order valence-corrected chi connectivity index (χ2v) is 5.69. The van der Waals surface area contributed by atoms with Crippen molar-refractivity contribution in [2.24, 2.45) is 5.92 Å². The van der Waals surface area contributed by atoms with Gasteiger partial charge < -0.3 is 15.4 Å². The van der Waals surface area contributed by atoms with E-state index in [2.05, 4.69) is 34.4 Å². The number of aromatic nitrogens is 2. The van der Waals surface area contributed by atoms with Crippen LogP contribution in [0.15, 0.2) is 30.3 Å². The molecule has 0 aliphatic rings. The van der Waals surface area contributed by atoms with E-state index in [1.807, 2.05) is 19.1 Å². The fraction of sp³-hybridized carbons (Fsp3) is 0.353. The summed E-state index contributed by atoms with van der Waals surface area (Å²) < 4.78 is 4.73. The van der Waals surface area contributed by atoms with Gasteiger partial charge in [0.05, 0.1) is 12.7 Å². The van der Waals surface area contributed by atoms with Gasteiger partial charge >= 0.3 is 5.97 Å². The Labute approximate surface area is 136 Å². The fourth-order valence-corrected chi connectivity index (χ4v) is 1.99. The molecule has 0 aliphatic heterocycles. The van der Waals surface area contributed by atoms with Crippen molar-refractivity contribution in [3.63, 3.8) is 0 Å². The first-order chi connectivity index (χ1) is 11.0. The van der Waals surface area contributed by atoms with Crippen LogP contribution >= 0.6 is 0 Å². The van der Waals surface area contributed by atoms with Crippen LogP contribution in [-0.4, -0.2) is 29.6 Å². The van der Waals surface area contributed by atoms with Crippen molar-refractivity contribution < 1.29 is 9.53 Å². The molecule has 6 heteroatoms. The zero-order chi connectivity index (χ0) is 16.8. The van der Waals surface area contributed by atoms with E-state index < -0.39 is 0 Å². The van der Waals surface area contributed by atoms with Gasteiger partial charge in [-0.2, -0.15) is 4.98 Å². The molecule has 2 N–H and O–H groups in total. The molecule has 0 fully saturated rings. The fourth-order valence-electron chi connectivity index (χ4n) is 1.99. The molecule has 2 aromatic rings. The molecule has 23 heavy (non-hydrogen) atoms. The lowest BCUT2D eigenvalue weighted by Gasteiger charge is -2.11. The molecular formula is C17H22N4O2. The van der Waals surface area contributed by atoms with Crippen molar-refractivity contribution >= 4 is 23.4 Å². The standard InChI is InChI=1S/C17H22N4O2/c1-11(2)10-18-15-8-12(3)19-17(21-15)20-14-7-5-6-13(9-14)16(22)23-4/h5-9,11H,10H2,1-4H3,(H2,18,19,20,21). The summed E-state index contributed by atoms with van der Waals surface area (Å²) in [7, 11) is 1.36. The molecule has 0 atom stereocenters. The van der Waals surface area contributed by atoms with Crippen LogP contribution in [0.5, 0.6) is 0 Å². The first kappa shape index (κ1) is 16.7. The van der Waals surface area contributed by atoms with E-state index in [-0.39, 0.29) is 5.97 Å². The Bertz CT molecular complexity index is 686. The summed E-state index contributed by atoms with van der Waals surface area (Å²) in [5.41, 5.74) is 2.06. The Morgan fingerprint density at radius 1 is 1.26 bits per heavy atom. The number of esters is 1. The van der Waals surface area contributed by atoms with E-state index in [4.69, 9.17) is 4.74 Å². The Balaban J connectivity index is 2.18. The van der Waals surface area contributed by atoms with Crippen molar-refractivity contribution in [2.75, 3.05) is 24.3 Å². The van der Waals surface area contributed by atoms with E-state index in [9.17, 15) is 4.79 Å². The summed E-state index contributed by atoms with van der Waals surface area (Å²) in [6, 6.07) is 8.93. The summed E-state index contributed by atoms with van der Waals surface area (Å²) in [4.78, 5) is 20.4. The topological polar surface area (TPSA) is 76.1 Å². The molecule has 0 amide bonds. The highest BCUT2D eigenvalue weighted by Gasteiger charge is 2.07.